The summed E-state index contributed by atoms with van der Waals surface area (Å²) in [4.78, 5) is 23.5. The molecule has 2 atom stereocenters. The maximum atomic E-state index is 11.8. The number of rotatable bonds is 4. The van der Waals surface area contributed by atoms with E-state index in [1.165, 1.54) is 0 Å². The van der Waals surface area contributed by atoms with Gasteiger partial charge in [0, 0.05) is 6.04 Å². The Morgan fingerprint density at radius 2 is 2.11 bits per heavy atom. The molecule has 0 saturated carbocycles. The lowest BCUT2D eigenvalue weighted by atomic mass is 9.91. The number of nitrogens with one attached hydrogen (secondary N) is 1. The Morgan fingerprint density at radius 3 is 2.53 bits per heavy atom. The molecule has 1 fully saturated rings. The van der Waals surface area contributed by atoms with Crippen LogP contribution >= 0.6 is 0 Å². The maximum Gasteiger partial charge on any atom is 0.407 e. The normalized spacial score (nSPS) is 21.2. The molecule has 0 aromatic carbocycles. The van der Waals surface area contributed by atoms with Crippen molar-refractivity contribution >= 4 is 12.1 Å². The van der Waals surface area contributed by atoms with Gasteiger partial charge < -0.3 is 14.8 Å². The van der Waals surface area contributed by atoms with Gasteiger partial charge in [0.15, 0.2) is 0 Å². The van der Waals surface area contributed by atoms with Gasteiger partial charge in [-0.15, -0.1) is 0 Å². The highest BCUT2D eigenvalue weighted by atomic mass is 16.6. The molecule has 110 valence electrons. The van der Waals surface area contributed by atoms with Gasteiger partial charge in [-0.3, -0.25) is 4.79 Å². The second-order valence-corrected chi connectivity index (χ2v) is 6.44. The van der Waals surface area contributed by atoms with Crippen molar-refractivity contribution in [2.45, 2.75) is 59.1 Å². The molecule has 1 aliphatic rings. The summed E-state index contributed by atoms with van der Waals surface area (Å²) in [7, 11) is 0. The van der Waals surface area contributed by atoms with E-state index in [9.17, 15) is 9.59 Å². The fourth-order valence-electron chi connectivity index (χ4n) is 2.17. The lowest BCUT2D eigenvalue weighted by Gasteiger charge is -2.26. The van der Waals surface area contributed by atoms with Crippen molar-refractivity contribution in [1.29, 1.82) is 0 Å². The van der Waals surface area contributed by atoms with Crippen LogP contribution in [-0.2, 0) is 14.3 Å². The molecule has 1 aliphatic heterocycles. The van der Waals surface area contributed by atoms with Gasteiger partial charge in [-0.25, -0.2) is 4.79 Å². The number of alkyl carbamates (subject to hydrolysis) is 1. The lowest BCUT2D eigenvalue weighted by molar-refractivity contribution is -0.142. The SMILES string of the molecule is CC(C)CC(NC(=O)OC(C)(C)C)C1CCOC1=O. The zero-order valence-electron chi connectivity index (χ0n) is 12.5. The molecule has 1 rings (SSSR count). The first-order valence-corrected chi connectivity index (χ1v) is 6.85. The van der Waals surface area contributed by atoms with Crippen LogP contribution in [0.5, 0.6) is 0 Å². The van der Waals surface area contributed by atoms with Crippen molar-refractivity contribution in [3.05, 3.63) is 0 Å². The molecular weight excluding hydrogens is 246 g/mol. The zero-order valence-corrected chi connectivity index (χ0v) is 12.5. The average molecular weight is 271 g/mol. The molecule has 0 spiro atoms. The van der Waals surface area contributed by atoms with Crippen LogP contribution in [0.1, 0.15) is 47.5 Å². The standard InChI is InChI=1S/C14H25NO4/c1-9(2)8-11(10-6-7-18-12(10)16)15-13(17)19-14(3,4)5/h9-11H,6-8H2,1-5H3,(H,15,17). The summed E-state index contributed by atoms with van der Waals surface area (Å²) in [6, 6.07) is -0.218. The minimum atomic E-state index is -0.539. The van der Waals surface area contributed by atoms with E-state index in [2.05, 4.69) is 19.2 Å². The Kier molecular flexibility index (Phi) is 5.20. The van der Waals surface area contributed by atoms with E-state index < -0.39 is 11.7 Å². The van der Waals surface area contributed by atoms with Crippen molar-refractivity contribution in [3.8, 4) is 0 Å². The van der Waals surface area contributed by atoms with Crippen molar-refractivity contribution in [2.24, 2.45) is 11.8 Å². The molecule has 1 amide bonds. The quantitative estimate of drug-likeness (QED) is 0.798. The second-order valence-electron chi connectivity index (χ2n) is 6.44. The minimum Gasteiger partial charge on any atom is -0.465 e. The van der Waals surface area contributed by atoms with Gasteiger partial charge in [0.1, 0.15) is 5.60 Å². The molecule has 1 heterocycles. The molecule has 0 bridgehead atoms. The molecule has 0 aromatic heterocycles. The van der Waals surface area contributed by atoms with E-state index in [0.29, 0.717) is 18.9 Å². The first-order valence-electron chi connectivity index (χ1n) is 6.85. The molecule has 2 unspecified atom stereocenters. The monoisotopic (exact) mass is 271 g/mol. The van der Waals surface area contributed by atoms with Crippen LogP contribution in [-0.4, -0.2) is 30.3 Å². The number of ether oxygens (including phenoxy) is 2. The summed E-state index contributed by atoms with van der Waals surface area (Å²) in [5.74, 6) is -0.0926. The van der Waals surface area contributed by atoms with E-state index in [1.807, 2.05) is 20.8 Å². The number of esters is 1. The van der Waals surface area contributed by atoms with Crippen molar-refractivity contribution in [2.75, 3.05) is 6.61 Å². The Morgan fingerprint density at radius 1 is 1.47 bits per heavy atom. The molecule has 1 N–H and O–H groups in total. The topological polar surface area (TPSA) is 64.6 Å². The Bertz CT molecular complexity index is 333. The van der Waals surface area contributed by atoms with Gasteiger partial charge >= 0.3 is 12.1 Å². The summed E-state index contributed by atoms with van der Waals surface area (Å²) in [5.41, 5.74) is -0.539. The smallest absolute Gasteiger partial charge is 0.407 e. The van der Waals surface area contributed by atoms with Crippen molar-refractivity contribution < 1.29 is 19.1 Å². The highest BCUT2D eigenvalue weighted by Crippen LogP contribution is 2.23. The van der Waals surface area contributed by atoms with E-state index in [0.717, 1.165) is 6.42 Å². The number of carbonyl (C=O) groups is 2. The van der Waals surface area contributed by atoms with Crippen molar-refractivity contribution in [3.63, 3.8) is 0 Å². The van der Waals surface area contributed by atoms with Crippen LogP contribution in [0.2, 0.25) is 0 Å². The average Bonchev–Trinajstić information content (AvgIpc) is 2.59. The Hall–Kier alpha value is -1.26. The molecule has 5 heteroatoms. The second kappa shape index (κ2) is 6.26. The van der Waals surface area contributed by atoms with E-state index in [4.69, 9.17) is 9.47 Å². The van der Waals surface area contributed by atoms with Crippen LogP contribution in [0.25, 0.3) is 0 Å². The molecule has 0 aliphatic carbocycles. The predicted molar refractivity (Wildman–Crippen MR) is 71.7 cm³/mol. The first-order chi connectivity index (χ1) is 8.69. The van der Waals surface area contributed by atoms with Crippen LogP contribution in [0.3, 0.4) is 0 Å². The summed E-state index contributed by atoms with van der Waals surface area (Å²) < 4.78 is 10.2. The third-order valence-electron chi connectivity index (χ3n) is 2.89. The highest BCUT2D eigenvalue weighted by molar-refractivity contribution is 5.76. The highest BCUT2D eigenvalue weighted by Gasteiger charge is 2.36. The largest absolute Gasteiger partial charge is 0.465 e. The first kappa shape index (κ1) is 15.8. The molecule has 19 heavy (non-hydrogen) atoms. The van der Waals surface area contributed by atoms with Crippen LogP contribution in [0, 0.1) is 11.8 Å². The Balaban J connectivity index is 2.64. The number of carbonyl (C=O) groups excluding carboxylic acids is 2. The lowest BCUT2D eigenvalue weighted by Crippen LogP contribution is -2.45. The maximum absolute atomic E-state index is 11.8. The third-order valence-corrected chi connectivity index (χ3v) is 2.89. The zero-order chi connectivity index (χ0) is 14.6. The van der Waals surface area contributed by atoms with Gasteiger partial charge in [-0.1, -0.05) is 13.8 Å². The van der Waals surface area contributed by atoms with Gasteiger partial charge in [0.05, 0.1) is 12.5 Å². The molecular formula is C14H25NO4. The van der Waals surface area contributed by atoms with E-state index in [1.54, 1.807) is 0 Å². The summed E-state index contributed by atoms with van der Waals surface area (Å²) in [6.45, 7) is 10.00. The molecule has 0 aromatic rings. The number of amides is 1. The number of hydrogen-bond acceptors (Lipinski definition) is 4. The Labute approximate surface area is 115 Å². The van der Waals surface area contributed by atoms with Gasteiger partial charge in [-0.2, -0.15) is 0 Å². The summed E-state index contributed by atoms with van der Waals surface area (Å²) in [6.07, 6.45) is 0.920. The van der Waals surface area contributed by atoms with E-state index >= 15 is 0 Å². The predicted octanol–water partition coefficient (Wildman–Crippen LogP) is 2.49. The summed E-state index contributed by atoms with van der Waals surface area (Å²) in [5, 5.41) is 2.82. The van der Waals surface area contributed by atoms with Gasteiger partial charge in [0.25, 0.3) is 0 Å². The van der Waals surface area contributed by atoms with Crippen LogP contribution in [0.15, 0.2) is 0 Å². The molecule has 1 saturated heterocycles. The fraction of sp³-hybridized carbons (Fsp3) is 0.857. The number of hydrogen-bond donors (Lipinski definition) is 1. The fourth-order valence-corrected chi connectivity index (χ4v) is 2.17. The van der Waals surface area contributed by atoms with Gasteiger partial charge in [0.2, 0.25) is 0 Å². The summed E-state index contributed by atoms with van der Waals surface area (Å²) >= 11 is 0. The third kappa shape index (κ3) is 5.49. The minimum absolute atomic E-state index is 0.218. The van der Waals surface area contributed by atoms with Gasteiger partial charge in [-0.05, 0) is 39.5 Å². The van der Waals surface area contributed by atoms with Crippen LogP contribution < -0.4 is 5.32 Å². The molecule has 0 radical (unpaired) electrons. The molecule has 5 nitrogen and oxygen atoms in total. The van der Waals surface area contributed by atoms with Crippen molar-refractivity contribution in [1.82, 2.24) is 5.32 Å². The van der Waals surface area contributed by atoms with Crippen LogP contribution in [0.4, 0.5) is 4.79 Å². The number of cyclic esters (lactones) is 1. The van der Waals surface area contributed by atoms with E-state index in [-0.39, 0.29) is 17.9 Å².